The van der Waals surface area contributed by atoms with E-state index >= 15 is 0 Å². The second-order valence-corrected chi connectivity index (χ2v) is 8.12. The number of rotatable bonds is 6. The number of methoxy groups -OCH3 is 1. The summed E-state index contributed by atoms with van der Waals surface area (Å²) < 4.78 is 5.15. The van der Waals surface area contributed by atoms with Gasteiger partial charge >= 0.3 is 0 Å². The van der Waals surface area contributed by atoms with Crippen LogP contribution in [0.4, 0.5) is 5.13 Å². The quantitative estimate of drug-likeness (QED) is 0.689. The fourth-order valence-electron chi connectivity index (χ4n) is 3.75. The molecule has 0 saturated carbocycles. The van der Waals surface area contributed by atoms with Gasteiger partial charge in [0.1, 0.15) is 0 Å². The Kier molecular flexibility index (Phi) is 6.62. The second-order valence-electron chi connectivity index (χ2n) is 7.24. The fourth-order valence-corrected chi connectivity index (χ4v) is 4.38. The Morgan fingerprint density at radius 3 is 2.81 bits per heavy atom. The molecule has 2 aliphatic heterocycles. The van der Waals surface area contributed by atoms with E-state index < -0.39 is 0 Å². The first kappa shape index (κ1) is 20.0. The minimum atomic E-state index is -0.332. The molecule has 1 spiro atoms. The number of thiazole rings is 1. The highest BCUT2D eigenvalue weighted by atomic mass is 32.1. The summed E-state index contributed by atoms with van der Waals surface area (Å²) >= 11 is 1.46. The van der Waals surface area contributed by atoms with Gasteiger partial charge in [0, 0.05) is 38.8 Å². The third-order valence-corrected chi connectivity index (χ3v) is 6.41. The van der Waals surface area contributed by atoms with Gasteiger partial charge in [-0.3, -0.25) is 19.4 Å². The number of likely N-dealkylation sites (tertiary alicyclic amines) is 1. The van der Waals surface area contributed by atoms with Crippen LogP contribution in [-0.4, -0.2) is 80.1 Å². The minimum Gasteiger partial charge on any atom is -0.383 e. The van der Waals surface area contributed by atoms with Crippen molar-refractivity contribution in [3.8, 4) is 0 Å². The molecule has 3 heterocycles. The lowest BCUT2D eigenvalue weighted by Gasteiger charge is -2.41. The molecule has 2 amide bonds. The summed E-state index contributed by atoms with van der Waals surface area (Å²) in [6.07, 6.45) is 8.29. The summed E-state index contributed by atoms with van der Waals surface area (Å²) in [5.41, 5.74) is -0.332. The van der Waals surface area contributed by atoms with Gasteiger partial charge in [0.2, 0.25) is 11.8 Å². The molecule has 2 aliphatic rings. The third kappa shape index (κ3) is 4.56. The Bertz CT molecular complexity index is 669. The molecule has 0 aromatic carbocycles. The largest absolute Gasteiger partial charge is 0.383 e. The van der Waals surface area contributed by atoms with E-state index in [1.54, 1.807) is 25.3 Å². The molecule has 3 rings (SSSR count). The average Bonchev–Trinajstić information content (AvgIpc) is 3.17. The van der Waals surface area contributed by atoms with Crippen LogP contribution < -0.4 is 4.90 Å². The van der Waals surface area contributed by atoms with E-state index in [2.05, 4.69) is 22.0 Å². The van der Waals surface area contributed by atoms with Gasteiger partial charge < -0.3 is 9.64 Å². The molecular weight excluding hydrogens is 364 g/mol. The summed E-state index contributed by atoms with van der Waals surface area (Å²) in [4.78, 5) is 35.5. The lowest BCUT2D eigenvalue weighted by atomic mass is 9.74. The molecule has 0 N–H and O–H groups in total. The molecule has 1 aromatic heterocycles. The van der Waals surface area contributed by atoms with Gasteiger partial charge in [-0.1, -0.05) is 12.2 Å². The number of hydrogen-bond donors (Lipinski definition) is 0. The van der Waals surface area contributed by atoms with Crippen LogP contribution in [0.1, 0.15) is 19.3 Å². The first-order valence-electron chi connectivity index (χ1n) is 9.37. The number of likely N-dealkylation sites (N-methyl/N-ethyl adjacent to an activating group) is 1. The fraction of sp³-hybridized carbons (Fsp3) is 0.632. The lowest BCUT2D eigenvalue weighted by molar-refractivity contribution is -0.144. The molecule has 1 saturated heterocycles. The van der Waals surface area contributed by atoms with Crippen LogP contribution in [0.25, 0.3) is 0 Å². The molecule has 27 heavy (non-hydrogen) atoms. The third-order valence-electron chi connectivity index (χ3n) is 5.56. The van der Waals surface area contributed by atoms with Crippen molar-refractivity contribution < 1.29 is 14.3 Å². The molecule has 0 radical (unpaired) electrons. The van der Waals surface area contributed by atoms with Crippen molar-refractivity contribution in [1.82, 2.24) is 14.8 Å². The van der Waals surface area contributed by atoms with E-state index in [1.165, 1.54) is 11.3 Å². The Morgan fingerprint density at radius 2 is 2.15 bits per heavy atom. The van der Waals surface area contributed by atoms with Crippen LogP contribution in [0, 0.1) is 5.41 Å². The Hall–Kier alpha value is -1.77. The van der Waals surface area contributed by atoms with Crippen LogP contribution in [0.2, 0.25) is 0 Å². The number of piperidine rings is 1. The summed E-state index contributed by atoms with van der Waals surface area (Å²) in [6, 6.07) is 0. The highest BCUT2D eigenvalue weighted by Crippen LogP contribution is 2.38. The van der Waals surface area contributed by atoms with E-state index in [0.717, 1.165) is 32.4 Å². The number of ether oxygens (including phenoxy) is 1. The van der Waals surface area contributed by atoms with Gasteiger partial charge in [-0.15, -0.1) is 11.3 Å². The first-order valence-corrected chi connectivity index (χ1v) is 10.3. The molecular formula is C19H28N4O3S. The van der Waals surface area contributed by atoms with Gasteiger partial charge in [0.25, 0.3) is 0 Å². The first-order chi connectivity index (χ1) is 13.1. The van der Waals surface area contributed by atoms with Crippen molar-refractivity contribution >= 4 is 28.3 Å². The van der Waals surface area contributed by atoms with Gasteiger partial charge in [-0.2, -0.15) is 0 Å². The van der Waals surface area contributed by atoms with Gasteiger partial charge in [0.15, 0.2) is 5.13 Å². The summed E-state index contributed by atoms with van der Waals surface area (Å²) in [5, 5.41) is 2.58. The molecule has 0 aliphatic carbocycles. The SMILES string of the molecule is COCCN1CC=CCC2(CCN(CC(=O)N(C)c3nccs3)CC2)C1=O. The smallest absolute Gasteiger partial charge is 0.242 e. The van der Waals surface area contributed by atoms with Gasteiger partial charge in [-0.05, 0) is 32.4 Å². The number of anilines is 1. The highest BCUT2D eigenvalue weighted by Gasteiger charge is 2.43. The average molecular weight is 393 g/mol. The standard InChI is InChI=1S/C19H28N4O3S/c1-21(18-20-8-14-27-18)16(24)15-22-10-6-19(7-11-22)5-3-4-9-23(17(19)25)12-13-26-2/h3-4,8,14H,5-7,9-13,15H2,1-2H3. The monoisotopic (exact) mass is 392 g/mol. The highest BCUT2D eigenvalue weighted by molar-refractivity contribution is 7.13. The van der Waals surface area contributed by atoms with Crippen molar-refractivity contribution in [1.29, 1.82) is 0 Å². The Labute approximate surface area is 164 Å². The number of hydrogen-bond acceptors (Lipinski definition) is 6. The van der Waals surface area contributed by atoms with Gasteiger partial charge in [-0.25, -0.2) is 4.98 Å². The number of nitrogens with zero attached hydrogens (tertiary/aromatic N) is 4. The van der Waals surface area contributed by atoms with Crippen molar-refractivity contribution in [3.63, 3.8) is 0 Å². The Morgan fingerprint density at radius 1 is 1.37 bits per heavy atom. The number of allylic oxidation sites excluding steroid dienone is 1. The van der Waals surface area contributed by atoms with Crippen molar-refractivity contribution in [2.45, 2.75) is 19.3 Å². The van der Waals surface area contributed by atoms with Crippen molar-refractivity contribution in [2.24, 2.45) is 5.41 Å². The van der Waals surface area contributed by atoms with Crippen LogP contribution >= 0.6 is 11.3 Å². The van der Waals surface area contributed by atoms with E-state index in [4.69, 9.17) is 4.74 Å². The molecule has 148 valence electrons. The molecule has 0 unspecified atom stereocenters. The van der Waals surface area contributed by atoms with Gasteiger partial charge in [0.05, 0.1) is 18.6 Å². The molecule has 0 bridgehead atoms. The predicted molar refractivity (Wildman–Crippen MR) is 106 cm³/mol. The number of amides is 2. The zero-order valence-electron chi connectivity index (χ0n) is 16.1. The van der Waals surface area contributed by atoms with Crippen LogP contribution in [0.3, 0.4) is 0 Å². The zero-order chi connectivity index (χ0) is 19.3. The maximum atomic E-state index is 13.2. The van der Waals surface area contributed by atoms with Crippen LogP contribution in [0.5, 0.6) is 0 Å². The maximum absolute atomic E-state index is 13.2. The number of aromatic nitrogens is 1. The summed E-state index contributed by atoms with van der Waals surface area (Å²) in [6.45, 7) is 3.72. The zero-order valence-corrected chi connectivity index (χ0v) is 16.9. The van der Waals surface area contributed by atoms with E-state index in [1.807, 2.05) is 10.3 Å². The molecule has 1 aromatic rings. The molecule has 7 nitrogen and oxygen atoms in total. The Balaban J connectivity index is 1.57. The summed E-state index contributed by atoms with van der Waals surface area (Å²) in [7, 11) is 3.42. The van der Waals surface area contributed by atoms with E-state index in [9.17, 15) is 9.59 Å². The second kappa shape index (κ2) is 8.95. The predicted octanol–water partition coefficient (Wildman–Crippen LogP) is 1.62. The van der Waals surface area contributed by atoms with E-state index in [0.29, 0.717) is 31.4 Å². The summed E-state index contributed by atoms with van der Waals surface area (Å²) in [5.74, 6) is 0.269. The number of carbonyl (C=O) groups excluding carboxylic acids is 2. The molecule has 0 atom stereocenters. The topological polar surface area (TPSA) is 66.0 Å². The van der Waals surface area contributed by atoms with Crippen molar-refractivity contribution in [3.05, 3.63) is 23.7 Å². The lowest BCUT2D eigenvalue weighted by Crippen LogP contribution is -2.51. The normalized spacial score (nSPS) is 20.1. The molecule has 1 fully saturated rings. The maximum Gasteiger partial charge on any atom is 0.242 e. The van der Waals surface area contributed by atoms with Crippen LogP contribution in [-0.2, 0) is 14.3 Å². The van der Waals surface area contributed by atoms with Crippen molar-refractivity contribution in [2.75, 3.05) is 58.4 Å². The van der Waals surface area contributed by atoms with Crippen LogP contribution in [0.15, 0.2) is 23.7 Å². The molecule has 8 heteroatoms. The van der Waals surface area contributed by atoms with E-state index in [-0.39, 0.29) is 17.2 Å². The minimum absolute atomic E-state index is 0.0368. The number of carbonyl (C=O) groups is 2.